The smallest absolute Gasteiger partial charge is 0.340 e. The van der Waals surface area contributed by atoms with Gasteiger partial charge in [0.1, 0.15) is 11.3 Å². The van der Waals surface area contributed by atoms with Gasteiger partial charge in [-0.3, -0.25) is 4.98 Å². The molecule has 0 spiro atoms. The molecule has 2 N–H and O–H groups in total. The summed E-state index contributed by atoms with van der Waals surface area (Å²) in [4.78, 5) is 28.4. The lowest BCUT2D eigenvalue weighted by Crippen LogP contribution is -2.30. The molecule has 1 aromatic heterocycles. The Hall–Kier alpha value is -2.83. The number of aromatic nitrogens is 1. The minimum atomic E-state index is -0.810. The van der Waals surface area contributed by atoms with E-state index >= 15 is 0 Å². The third-order valence-electron chi connectivity index (χ3n) is 3.28. The number of nitrogens with zero attached hydrogens (tertiary/aromatic N) is 1. The van der Waals surface area contributed by atoms with Crippen molar-refractivity contribution in [1.82, 2.24) is 4.98 Å². The maximum Gasteiger partial charge on any atom is 0.340 e. The van der Waals surface area contributed by atoms with Crippen molar-refractivity contribution >= 4 is 11.9 Å². The summed E-state index contributed by atoms with van der Waals surface area (Å²) in [5.41, 5.74) is 6.47. The molecule has 0 radical (unpaired) electrons. The molecule has 2 rings (SSSR count). The van der Waals surface area contributed by atoms with E-state index in [0.717, 1.165) is 0 Å². The van der Waals surface area contributed by atoms with Gasteiger partial charge in [0.2, 0.25) is 5.88 Å². The van der Waals surface area contributed by atoms with E-state index in [0.29, 0.717) is 5.69 Å². The van der Waals surface area contributed by atoms with Crippen LogP contribution in [0.1, 0.15) is 18.5 Å². The SMILES string of the molecule is COC(=O)C1=C(C)OC(N)=C(C(=O)OC)C1c1ccccn1. The van der Waals surface area contributed by atoms with Gasteiger partial charge in [0, 0.05) is 6.20 Å². The molecule has 1 unspecified atom stereocenters. The summed E-state index contributed by atoms with van der Waals surface area (Å²) < 4.78 is 14.9. The standard InChI is InChI=1S/C15H16N2O5/c1-8-10(14(18)20-2)11(9-6-4-5-7-17-9)12(13(16)22-8)15(19)21-3/h4-7,11H,16H2,1-3H3. The highest BCUT2D eigenvalue weighted by molar-refractivity contribution is 5.99. The number of hydrogen-bond donors (Lipinski definition) is 1. The first kappa shape index (κ1) is 15.6. The third kappa shape index (κ3) is 2.65. The van der Waals surface area contributed by atoms with E-state index in [-0.39, 0.29) is 22.8 Å². The number of carbonyl (C=O) groups is 2. The molecule has 0 fully saturated rings. The van der Waals surface area contributed by atoms with E-state index in [1.807, 2.05) is 0 Å². The first-order chi connectivity index (χ1) is 10.5. The van der Waals surface area contributed by atoms with Crippen molar-refractivity contribution < 1.29 is 23.8 Å². The van der Waals surface area contributed by atoms with Gasteiger partial charge in [0.15, 0.2) is 0 Å². The number of ether oxygens (including phenoxy) is 3. The van der Waals surface area contributed by atoms with E-state index in [1.165, 1.54) is 14.2 Å². The van der Waals surface area contributed by atoms with Gasteiger partial charge < -0.3 is 19.9 Å². The van der Waals surface area contributed by atoms with Gasteiger partial charge in [-0.2, -0.15) is 0 Å². The average Bonchev–Trinajstić information content (AvgIpc) is 2.53. The van der Waals surface area contributed by atoms with Crippen molar-refractivity contribution in [2.75, 3.05) is 14.2 Å². The lowest BCUT2D eigenvalue weighted by Gasteiger charge is -2.27. The molecule has 7 heteroatoms. The van der Waals surface area contributed by atoms with Crippen molar-refractivity contribution in [3.05, 3.63) is 52.9 Å². The maximum atomic E-state index is 12.1. The highest BCUT2D eigenvalue weighted by Crippen LogP contribution is 2.39. The molecule has 1 atom stereocenters. The van der Waals surface area contributed by atoms with Crippen LogP contribution in [0.25, 0.3) is 0 Å². The molecule has 1 aliphatic heterocycles. The molecule has 0 bridgehead atoms. The molecule has 0 saturated heterocycles. The second kappa shape index (κ2) is 6.30. The minimum absolute atomic E-state index is 0.0206. The minimum Gasteiger partial charge on any atom is -0.466 e. The zero-order valence-corrected chi connectivity index (χ0v) is 12.5. The van der Waals surface area contributed by atoms with E-state index < -0.39 is 17.9 Å². The molecule has 2 heterocycles. The fourth-order valence-corrected chi connectivity index (χ4v) is 2.31. The quantitative estimate of drug-likeness (QED) is 0.831. The molecule has 7 nitrogen and oxygen atoms in total. The number of nitrogens with two attached hydrogens (primary N) is 1. The number of hydrogen-bond acceptors (Lipinski definition) is 7. The molecular weight excluding hydrogens is 288 g/mol. The zero-order chi connectivity index (χ0) is 16.3. The van der Waals surface area contributed by atoms with Gasteiger partial charge >= 0.3 is 11.9 Å². The Bertz CT molecular complexity index is 626. The zero-order valence-electron chi connectivity index (χ0n) is 12.5. The monoisotopic (exact) mass is 304 g/mol. The summed E-state index contributed by atoms with van der Waals surface area (Å²) in [6.07, 6.45) is 1.56. The Kier molecular flexibility index (Phi) is 4.45. The van der Waals surface area contributed by atoms with E-state index in [9.17, 15) is 9.59 Å². The Morgan fingerprint density at radius 3 is 2.36 bits per heavy atom. The van der Waals surface area contributed by atoms with Crippen LogP contribution >= 0.6 is 0 Å². The van der Waals surface area contributed by atoms with Crippen molar-refractivity contribution in [2.45, 2.75) is 12.8 Å². The second-order valence-corrected chi connectivity index (χ2v) is 4.52. The first-order valence-corrected chi connectivity index (χ1v) is 6.47. The molecule has 1 aromatic rings. The van der Waals surface area contributed by atoms with Crippen LogP contribution in [-0.4, -0.2) is 31.1 Å². The summed E-state index contributed by atoms with van der Waals surface area (Å²) in [6, 6.07) is 5.15. The number of allylic oxidation sites excluding steroid dienone is 1. The molecule has 0 aromatic carbocycles. The molecule has 22 heavy (non-hydrogen) atoms. The van der Waals surface area contributed by atoms with Gasteiger partial charge in [-0.1, -0.05) is 6.07 Å². The highest BCUT2D eigenvalue weighted by Gasteiger charge is 2.40. The number of methoxy groups -OCH3 is 2. The van der Waals surface area contributed by atoms with Gasteiger partial charge in [-0.05, 0) is 19.1 Å². The Morgan fingerprint density at radius 2 is 1.82 bits per heavy atom. The van der Waals surface area contributed by atoms with E-state index in [4.69, 9.17) is 19.9 Å². The highest BCUT2D eigenvalue weighted by atomic mass is 16.5. The molecule has 0 aliphatic carbocycles. The van der Waals surface area contributed by atoms with Crippen LogP contribution in [0, 0.1) is 0 Å². The van der Waals surface area contributed by atoms with Crippen LogP contribution in [0.2, 0.25) is 0 Å². The molecule has 1 aliphatic rings. The predicted molar refractivity (Wildman–Crippen MR) is 76.0 cm³/mol. The van der Waals surface area contributed by atoms with Gasteiger partial charge in [-0.15, -0.1) is 0 Å². The summed E-state index contributed by atoms with van der Waals surface area (Å²) in [7, 11) is 2.47. The van der Waals surface area contributed by atoms with Crippen LogP contribution in [0.5, 0.6) is 0 Å². The largest absolute Gasteiger partial charge is 0.466 e. The lowest BCUT2D eigenvalue weighted by molar-refractivity contribution is -0.137. The Balaban J connectivity index is 2.66. The normalized spacial score (nSPS) is 17.9. The van der Waals surface area contributed by atoms with Crippen LogP contribution in [0.15, 0.2) is 47.2 Å². The van der Waals surface area contributed by atoms with E-state index in [2.05, 4.69) is 4.98 Å². The van der Waals surface area contributed by atoms with Crippen molar-refractivity contribution in [1.29, 1.82) is 0 Å². The van der Waals surface area contributed by atoms with E-state index in [1.54, 1.807) is 31.3 Å². The average molecular weight is 304 g/mol. The third-order valence-corrected chi connectivity index (χ3v) is 3.28. The predicted octanol–water partition coefficient (Wildman–Crippen LogP) is 0.986. The Labute approximate surface area is 127 Å². The summed E-state index contributed by atoms with van der Waals surface area (Å²) in [5, 5.41) is 0. The van der Waals surface area contributed by atoms with Gasteiger partial charge in [0.05, 0.1) is 31.4 Å². The number of rotatable bonds is 3. The van der Waals surface area contributed by atoms with Crippen LogP contribution in [0.3, 0.4) is 0 Å². The van der Waals surface area contributed by atoms with Crippen molar-refractivity contribution in [3.8, 4) is 0 Å². The summed E-state index contributed by atoms with van der Waals surface area (Å²) in [6.45, 7) is 1.57. The molecule has 0 saturated carbocycles. The first-order valence-electron chi connectivity index (χ1n) is 6.47. The fourth-order valence-electron chi connectivity index (χ4n) is 2.31. The lowest BCUT2D eigenvalue weighted by atomic mass is 9.85. The molecule has 0 amide bonds. The maximum absolute atomic E-state index is 12.1. The van der Waals surface area contributed by atoms with Crippen LogP contribution < -0.4 is 5.73 Å². The number of esters is 2. The van der Waals surface area contributed by atoms with Crippen molar-refractivity contribution in [2.24, 2.45) is 5.73 Å². The van der Waals surface area contributed by atoms with Crippen molar-refractivity contribution in [3.63, 3.8) is 0 Å². The number of carbonyl (C=O) groups excluding carboxylic acids is 2. The Morgan fingerprint density at radius 1 is 1.18 bits per heavy atom. The summed E-state index contributed by atoms with van der Waals surface area (Å²) >= 11 is 0. The second-order valence-electron chi connectivity index (χ2n) is 4.52. The van der Waals surface area contributed by atoms with Gasteiger partial charge in [-0.25, -0.2) is 9.59 Å². The molecule has 116 valence electrons. The topological polar surface area (TPSA) is 101 Å². The van der Waals surface area contributed by atoms with Crippen LogP contribution in [0.4, 0.5) is 0 Å². The molecular formula is C15H16N2O5. The van der Waals surface area contributed by atoms with Crippen LogP contribution in [-0.2, 0) is 23.8 Å². The fraction of sp³-hybridized carbons (Fsp3) is 0.267. The number of pyridine rings is 1. The summed E-state index contributed by atoms with van der Waals surface area (Å²) in [5.74, 6) is -1.99. The van der Waals surface area contributed by atoms with Gasteiger partial charge in [0.25, 0.3) is 0 Å².